The fourth-order valence-corrected chi connectivity index (χ4v) is 2.09. The van der Waals surface area contributed by atoms with Gasteiger partial charge in [-0.1, -0.05) is 19.3 Å². The van der Waals surface area contributed by atoms with Crippen LogP contribution < -0.4 is 5.73 Å². The second-order valence-corrected chi connectivity index (χ2v) is 4.72. The molecule has 0 saturated heterocycles. The lowest BCUT2D eigenvalue weighted by atomic mass is 9.98. The van der Waals surface area contributed by atoms with Crippen LogP contribution in [0, 0.1) is 0 Å². The predicted molar refractivity (Wildman–Crippen MR) is 45.9 cm³/mol. The first-order valence-electron chi connectivity index (χ1n) is 4.25. The minimum absolute atomic E-state index is 0.118. The Labute approximate surface area is 73.2 Å². The van der Waals surface area contributed by atoms with Crippen molar-refractivity contribution in [3.8, 4) is 0 Å². The van der Waals surface area contributed by atoms with Gasteiger partial charge in [0.05, 0.1) is 6.10 Å². The number of hydrogen-bond acceptors (Lipinski definition) is 4. The molecule has 0 aromatic carbocycles. The highest BCUT2D eigenvalue weighted by atomic mass is 32.2. The summed E-state index contributed by atoms with van der Waals surface area (Å²) in [5, 5.41) is 0. The smallest absolute Gasteiger partial charge is 0.280 e. The molecule has 0 spiro atoms. The van der Waals surface area contributed by atoms with E-state index in [-0.39, 0.29) is 6.10 Å². The molecule has 0 radical (unpaired) electrons. The van der Waals surface area contributed by atoms with Crippen LogP contribution in [0.1, 0.15) is 32.1 Å². The summed E-state index contributed by atoms with van der Waals surface area (Å²) in [7, 11) is -3.44. The largest absolute Gasteiger partial charge is 0.316 e. The van der Waals surface area contributed by atoms with Gasteiger partial charge in [0.25, 0.3) is 10.1 Å². The Kier molecular flexibility index (Phi) is 3.49. The van der Waals surface area contributed by atoms with Crippen LogP contribution in [0.15, 0.2) is 0 Å². The SMILES string of the molecule is NCS(=O)(=O)OC1CCCCC1. The molecule has 0 bridgehead atoms. The van der Waals surface area contributed by atoms with Crippen LogP contribution >= 0.6 is 0 Å². The van der Waals surface area contributed by atoms with E-state index in [0.29, 0.717) is 0 Å². The molecule has 1 fully saturated rings. The Morgan fingerprint density at radius 2 is 1.83 bits per heavy atom. The number of hydrogen-bond donors (Lipinski definition) is 1. The number of nitrogens with two attached hydrogens (primary N) is 1. The lowest BCUT2D eigenvalue weighted by Gasteiger charge is -2.20. The zero-order valence-electron chi connectivity index (χ0n) is 7.03. The van der Waals surface area contributed by atoms with Gasteiger partial charge in [-0.2, -0.15) is 8.42 Å². The first-order valence-corrected chi connectivity index (χ1v) is 5.83. The van der Waals surface area contributed by atoms with E-state index in [1.807, 2.05) is 0 Å². The van der Waals surface area contributed by atoms with Gasteiger partial charge in [0.1, 0.15) is 5.88 Å². The van der Waals surface area contributed by atoms with Crippen molar-refractivity contribution >= 4 is 10.1 Å². The molecule has 1 aliphatic carbocycles. The monoisotopic (exact) mass is 193 g/mol. The number of rotatable bonds is 3. The van der Waals surface area contributed by atoms with Crippen LogP contribution in [0.2, 0.25) is 0 Å². The fraction of sp³-hybridized carbons (Fsp3) is 1.00. The first-order chi connectivity index (χ1) is 5.64. The maximum absolute atomic E-state index is 10.9. The molecule has 2 N–H and O–H groups in total. The van der Waals surface area contributed by atoms with Crippen LogP contribution in [0.5, 0.6) is 0 Å². The summed E-state index contributed by atoms with van der Waals surface area (Å²) in [4.78, 5) is 0. The van der Waals surface area contributed by atoms with E-state index in [1.54, 1.807) is 0 Å². The zero-order valence-corrected chi connectivity index (χ0v) is 7.85. The van der Waals surface area contributed by atoms with Gasteiger partial charge < -0.3 is 5.73 Å². The van der Waals surface area contributed by atoms with E-state index in [9.17, 15) is 8.42 Å². The summed E-state index contributed by atoms with van der Waals surface area (Å²) >= 11 is 0. The van der Waals surface area contributed by atoms with Gasteiger partial charge in [0.15, 0.2) is 0 Å². The van der Waals surface area contributed by atoms with Gasteiger partial charge in [0, 0.05) is 0 Å². The molecule has 1 saturated carbocycles. The molecule has 0 aliphatic heterocycles. The molecule has 0 amide bonds. The van der Waals surface area contributed by atoms with Crippen molar-refractivity contribution in [1.82, 2.24) is 0 Å². The third-order valence-corrected chi connectivity index (χ3v) is 3.01. The Morgan fingerprint density at radius 1 is 1.25 bits per heavy atom. The van der Waals surface area contributed by atoms with Crippen LogP contribution in [0.25, 0.3) is 0 Å². The van der Waals surface area contributed by atoms with E-state index in [0.717, 1.165) is 25.7 Å². The maximum Gasteiger partial charge on any atom is 0.280 e. The molecule has 1 rings (SSSR count). The van der Waals surface area contributed by atoms with Gasteiger partial charge in [-0.25, -0.2) is 0 Å². The van der Waals surface area contributed by atoms with E-state index in [1.165, 1.54) is 6.42 Å². The molecular formula is C7H15NO3S. The molecular weight excluding hydrogens is 178 g/mol. The van der Waals surface area contributed by atoms with E-state index in [2.05, 4.69) is 0 Å². The van der Waals surface area contributed by atoms with Gasteiger partial charge in [0.2, 0.25) is 0 Å². The molecule has 0 atom stereocenters. The Morgan fingerprint density at radius 3 is 2.33 bits per heavy atom. The molecule has 1 aliphatic rings. The second-order valence-electron chi connectivity index (χ2n) is 3.08. The van der Waals surface area contributed by atoms with Crippen molar-refractivity contribution < 1.29 is 12.6 Å². The highest BCUT2D eigenvalue weighted by Crippen LogP contribution is 2.21. The molecule has 0 heterocycles. The van der Waals surface area contributed by atoms with Crippen molar-refractivity contribution in [2.24, 2.45) is 5.73 Å². The molecule has 12 heavy (non-hydrogen) atoms. The van der Waals surface area contributed by atoms with Gasteiger partial charge in [-0.05, 0) is 12.8 Å². The van der Waals surface area contributed by atoms with Crippen molar-refractivity contribution in [2.75, 3.05) is 5.88 Å². The molecule has 0 aromatic heterocycles. The molecule has 0 aromatic rings. The predicted octanol–water partition coefficient (Wildman–Crippen LogP) is 0.582. The lowest BCUT2D eigenvalue weighted by molar-refractivity contribution is 0.162. The topological polar surface area (TPSA) is 69.4 Å². The average molecular weight is 193 g/mol. The summed E-state index contributed by atoms with van der Waals surface area (Å²) in [6, 6.07) is 0. The van der Waals surface area contributed by atoms with Crippen molar-refractivity contribution in [1.29, 1.82) is 0 Å². The first kappa shape index (κ1) is 9.95. The van der Waals surface area contributed by atoms with E-state index < -0.39 is 16.0 Å². The van der Waals surface area contributed by atoms with Gasteiger partial charge in [-0.3, -0.25) is 4.18 Å². The highest BCUT2D eigenvalue weighted by Gasteiger charge is 2.20. The van der Waals surface area contributed by atoms with E-state index >= 15 is 0 Å². The third-order valence-electron chi connectivity index (χ3n) is 2.04. The quantitative estimate of drug-likeness (QED) is 0.666. The molecule has 72 valence electrons. The lowest BCUT2D eigenvalue weighted by Crippen LogP contribution is -2.25. The average Bonchev–Trinajstić information content (AvgIpc) is 2.06. The summed E-state index contributed by atoms with van der Waals surface area (Å²) in [5.41, 5.74) is 5.01. The summed E-state index contributed by atoms with van der Waals surface area (Å²) in [6.07, 6.45) is 4.88. The summed E-state index contributed by atoms with van der Waals surface area (Å²) in [6.45, 7) is 0. The Hall–Kier alpha value is -0.130. The normalized spacial score (nSPS) is 21.1. The standard InChI is InChI=1S/C7H15NO3S/c8-6-12(9,10)11-7-4-2-1-3-5-7/h7H,1-6,8H2. The highest BCUT2D eigenvalue weighted by molar-refractivity contribution is 7.86. The van der Waals surface area contributed by atoms with Crippen LogP contribution in [0.3, 0.4) is 0 Å². The molecule has 0 unspecified atom stereocenters. The molecule has 5 heteroatoms. The maximum atomic E-state index is 10.9. The second kappa shape index (κ2) is 4.20. The molecule has 4 nitrogen and oxygen atoms in total. The zero-order chi connectivity index (χ0) is 9.03. The minimum atomic E-state index is -3.44. The van der Waals surface area contributed by atoms with Crippen molar-refractivity contribution in [3.63, 3.8) is 0 Å². The van der Waals surface area contributed by atoms with Crippen molar-refractivity contribution in [3.05, 3.63) is 0 Å². The minimum Gasteiger partial charge on any atom is -0.316 e. The van der Waals surface area contributed by atoms with Crippen molar-refractivity contribution in [2.45, 2.75) is 38.2 Å². The summed E-state index contributed by atoms with van der Waals surface area (Å²) < 4.78 is 26.7. The van der Waals surface area contributed by atoms with Crippen LogP contribution in [-0.4, -0.2) is 20.4 Å². The fourth-order valence-electron chi connectivity index (χ4n) is 1.41. The third kappa shape index (κ3) is 3.08. The van der Waals surface area contributed by atoms with Gasteiger partial charge >= 0.3 is 0 Å². The Balaban J connectivity index is 2.39. The van der Waals surface area contributed by atoms with E-state index in [4.69, 9.17) is 9.92 Å². The van der Waals surface area contributed by atoms with Gasteiger partial charge in [-0.15, -0.1) is 0 Å². The summed E-state index contributed by atoms with van der Waals surface area (Å²) in [5.74, 6) is -0.413. The van der Waals surface area contributed by atoms with Crippen LogP contribution in [0.4, 0.5) is 0 Å². The Bertz CT molecular complexity index is 219. The van der Waals surface area contributed by atoms with Crippen LogP contribution in [-0.2, 0) is 14.3 Å².